The summed E-state index contributed by atoms with van der Waals surface area (Å²) in [7, 11) is -6.78. The smallest absolute Gasteiger partial charge is 0.202 e. The third-order valence-corrected chi connectivity index (χ3v) is 5.94. The minimum Gasteiger partial charge on any atom is -0.202 e. The highest BCUT2D eigenvalue weighted by molar-refractivity contribution is 8.00. The number of hydrogen-bond donors (Lipinski definition) is 0. The van der Waals surface area contributed by atoms with Gasteiger partial charge in [-0.25, -0.2) is 8.42 Å². The van der Waals surface area contributed by atoms with Crippen LogP contribution in [0.4, 0.5) is 30.7 Å². The van der Waals surface area contributed by atoms with E-state index >= 15 is 0 Å². The normalized spacial score (nSPS) is 13.7. The minimum atomic E-state index is -6.78. The second-order valence-corrected chi connectivity index (χ2v) is 8.46. The number of nitrogens with zero attached hydrogens (tertiary/aromatic N) is 1. The molecule has 0 spiro atoms. The maximum atomic E-state index is 14.5. The molecule has 0 heterocycles. The third kappa shape index (κ3) is 4.61. The Balaban J connectivity index is 2.50. The van der Waals surface area contributed by atoms with Crippen LogP contribution in [0.3, 0.4) is 0 Å². The highest BCUT2D eigenvalue weighted by atomic mass is 32.2. The fourth-order valence-electron chi connectivity index (χ4n) is 2.05. The molecular weight excluding hydrogens is 435 g/mol. The fourth-order valence-corrected chi connectivity index (χ4v) is 3.92. The second kappa shape index (κ2) is 7.91. The molecule has 0 fully saturated rings. The van der Waals surface area contributed by atoms with Gasteiger partial charge in [-0.3, -0.25) is 0 Å². The van der Waals surface area contributed by atoms with Crippen molar-refractivity contribution in [2.45, 2.75) is 28.2 Å². The molecule has 0 aliphatic rings. The van der Waals surface area contributed by atoms with Gasteiger partial charge in [0.15, 0.2) is 0 Å². The van der Waals surface area contributed by atoms with Crippen LogP contribution in [0, 0.1) is 0 Å². The van der Waals surface area contributed by atoms with Gasteiger partial charge in [0.25, 0.3) is 0 Å². The first-order chi connectivity index (χ1) is 12.8. The number of alkyl halides is 7. The summed E-state index contributed by atoms with van der Waals surface area (Å²) in [5.74, 6) is 0. The zero-order chi connectivity index (χ0) is 21.2. The predicted octanol–water partition coefficient (Wildman–Crippen LogP) is 5.32. The van der Waals surface area contributed by atoms with E-state index in [1.54, 1.807) is 0 Å². The van der Waals surface area contributed by atoms with Gasteiger partial charge in [0, 0.05) is 11.4 Å². The van der Waals surface area contributed by atoms with Crippen LogP contribution in [-0.4, -0.2) is 29.5 Å². The average molecular weight is 447 g/mol. The van der Waals surface area contributed by atoms with Crippen LogP contribution in [0.15, 0.2) is 65.6 Å². The Bertz CT molecular complexity index is 888. The van der Waals surface area contributed by atoms with Crippen molar-refractivity contribution < 1.29 is 39.2 Å². The summed E-state index contributed by atoms with van der Waals surface area (Å²) < 4.78 is 118. The summed E-state index contributed by atoms with van der Waals surface area (Å²) in [5.41, 5.74) is -6.52. The van der Waals surface area contributed by atoms with Crippen LogP contribution in [0.1, 0.15) is 5.56 Å². The van der Waals surface area contributed by atoms with E-state index in [1.807, 2.05) is 0 Å². The van der Waals surface area contributed by atoms with E-state index < -0.39 is 49.4 Å². The Morgan fingerprint density at radius 3 is 1.71 bits per heavy atom. The van der Waals surface area contributed by atoms with Crippen LogP contribution < -0.4 is 0 Å². The molecule has 154 valence electrons. The number of thioether (sulfide) groups is 1. The average Bonchev–Trinajstić information content (AvgIpc) is 2.59. The van der Waals surface area contributed by atoms with Gasteiger partial charge < -0.3 is 0 Å². The molecule has 0 radical (unpaired) electrons. The van der Waals surface area contributed by atoms with E-state index in [2.05, 4.69) is 0 Å². The van der Waals surface area contributed by atoms with E-state index in [9.17, 15) is 39.2 Å². The lowest BCUT2D eigenvalue weighted by atomic mass is 10.2. The Kier molecular flexibility index (Phi) is 6.36. The Morgan fingerprint density at radius 2 is 1.25 bits per heavy atom. The van der Waals surface area contributed by atoms with Crippen LogP contribution >= 0.6 is 11.8 Å². The van der Waals surface area contributed by atoms with Crippen molar-refractivity contribution in [2.24, 2.45) is 0 Å². The van der Waals surface area contributed by atoms with Crippen molar-refractivity contribution in [1.82, 2.24) is 4.31 Å². The van der Waals surface area contributed by atoms with Crippen molar-refractivity contribution in [1.29, 1.82) is 0 Å². The molecule has 0 bridgehead atoms. The molecule has 0 amide bonds. The third-order valence-electron chi connectivity index (χ3n) is 3.40. The first-order valence-corrected chi connectivity index (χ1v) is 9.67. The zero-order valence-electron chi connectivity index (χ0n) is 13.7. The first kappa shape index (κ1) is 22.5. The monoisotopic (exact) mass is 447 g/mol. The maximum absolute atomic E-state index is 14.5. The van der Waals surface area contributed by atoms with Gasteiger partial charge in [-0.2, -0.15) is 30.7 Å². The van der Waals surface area contributed by atoms with Crippen molar-refractivity contribution in [3.8, 4) is 0 Å². The molecule has 0 aliphatic heterocycles. The molecule has 28 heavy (non-hydrogen) atoms. The summed E-state index contributed by atoms with van der Waals surface area (Å²) >= 11 is -0.738. The lowest BCUT2D eigenvalue weighted by molar-refractivity contribution is -0.221. The molecule has 0 aromatic heterocycles. The molecule has 0 saturated heterocycles. The minimum absolute atomic E-state index is 0.324. The SMILES string of the molecule is O=S(=O)(N(Cc1ccccc1)C(F)(F)C(F)(F)Sc1ccccc1)C(F)(F)F. The van der Waals surface area contributed by atoms with E-state index in [4.69, 9.17) is 0 Å². The predicted molar refractivity (Wildman–Crippen MR) is 89.2 cm³/mol. The number of halogens is 7. The summed E-state index contributed by atoms with van der Waals surface area (Å²) in [5, 5.41) is -5.19. The van der Waals surface area contributed by atoms with Gasteiger partial charge in [-0.15, -0.1) is 4.31 Å². The molecule has 12 heteroatoms. The molecule has 0 aliphatic carbocycles. The lowest BCUT2D eigenvalue weighted by Gasteiger charge is -2.35. The Labute approximate surface area is 160 Å². The quantitative estimate of drug-likeness (QED) is 0.328. The second-order valence-electron chi connectivity index (χ2n) is 5.42. The van der Waals surface area contributed by atoms with Gasteiger partial charge in [-0.1, -0.05) is 48.5 Å². The number of rotatable bonds is 7. The molecule has 3 nitrogen and oxygen atoms in total. The molecule has 2 rings (SSSR count). The van der Waals surface area contributed by atoms with Crippen molar-refractivity contribution in [3.05, 3.63) is 66.2 Å². The molecular formula is C16H12F7NO2S2. The van der Waals surface area contributed by atoms with Crippen LogP contribution in [0.2, 0.25) is 0 Å². The molecule has 0 atom stereocenters. The number of sulfonamides is 1. The van der Waals surface area contributed by atoms with Gasteiger partial charge >= 0.3 is 26.8 Å². The van der Waals surface area contributed by atoms with Gasteiger partial charge in [0.05, 0.1) is 0 Å². The summed E-state index contributed by atoms with van der Waals surface area (Å²) in [6.45, 7) is -1.60. The summed E-state index contributed by atoms with van der Waals surface area (Å²) in [4.78, 5) is -0.378. The first-order valence-electron chi connectivity index (χ1n) is 7.42. The van der Waals surface area contributed by atoms with E-state index in [-0.39, 0.29) is 10.5 Å². The topological polar surface area (TPSA) is 37.4 Å². The molecule has 0 saturated carbocycles. The van der Waals surface area contributed by atoms with Crippen LogP contribution in [0.5, 0.6) is 0 Å². The number of benzene rings is 2. The van der Waals surface area contributed by atoms with Crippen LogP contribution in [-0.2, 0) is 16.6 Å². The largest absolute Gasteiger partial charge is 0.511 e. The Morgan fingerprint density at radius 1 is 0.786 bits per heavy atom. The number of hydrogen-bond acceptors (Lipinski definition) is 3. The van der Waals surface area contributed by atoms with Gasteiger partial charge in [0.1, 0.15) is 0 Å². The standard InChI is InChI=1S/C16H12F7NO2S2/c17-14(18,15(19,20)27-13-9-5-2-6-10-13)24(28(25,26)16(21,22)23)11-12-7-3-1-4-8-12/h1-10H,11H2. The fraction of sp³-hybridized carbons (Fsp3) is 0.250. The van der Waals surface area contributed by atoms with E-state index in [1.165, 1.54) is 36.4 Å². The van der Waals surface area contributed by atoms with Crippen molar-refractivity contribution >= 4 is 21.8 Å². The highest BCUT2D eigenvalue weighted by Gasteiger charge is 2.68. The Hall–Kier alpha value is -1.79. The lowest BCUT2D eigenvalue weighted by Crippen LogP contribution is -2.57. The van der Waals surface area contributed by atoms with E-state index in [0.29, 0.717) is 0 Å². The maximum Gasteiger partial charge on any atom is 0.511 e. The molecule has 2 aromatic carbocycles. The van der Waals surface area contributed by atoms with E-state index in [0.717, 1.165) is 24.3 Å². The highest BCUT2D eigenvalue weighted by Crippen LogP contribution is 2.51. The zero-order valence-corrected chi connectivity index (χ0v) is 15.3. The van der Waals surface area contributed by atoms with Gasteiger partial charge in [-0.05, 0) is 29.5 Å². The van der Waals surface area contributed by atoms with Crippen molar-refractivity contribution in [3.63, 3.8) is 0 Å². The van der Waals surface area contributed by atoms with Crippen LogP contribution in [0.25, 0.3) is 0 Å². The van der Waals surface area contributed by atoms with Crippen molar-refractivity contribution in [2.75, 3.05) is 0 Å². The molecule has 0 N–H and O–H groups in total. The summed E-state index contributed by atoms with van der Waals surface area (Å²) in [6, 6.07) is 6.26. The summed E-state index contributed by atoms with van der Waals surface area (Å²) in [6.07, 6.45) is 0. The molecule has 2 aromatic rings. The molecule has 0 unspecified atom stereocenters. The van der Waals surface area contributed by atoms with Gasteiger partial charge in [0.2, 0.25) is 0 Å².